The molecule has 1 aromatic rings. The maximum atomic E-state index is 11.9. The lowest BCUT2D eigenvalue weighted by Crippen LogP contribution is -2.28. The number of hydrogen-bond donors (Lipinski definition) is 2. The number of nitrogens with zero attached hydrogens (tertiary/aromatic N) is 1. The molecule has 0 saturated heterocycles. The van der Waals surface area contributed by atoms with E-state index in [-0.39, 0.29) is 4.90 Å². The predicted octanol–water partition coefficient (Wildman–Crippen LogP) is 1.24. The Morgan fingerprint density at radius 2 is 2.06 bits per heavy atom. The van der Waals surface area contributed by atoms with Crippen molar-refractivity contribution < 1.29 is 8.42 Å². The minimum absolute atomic E-state index is 0.233. The Hall–Kier alpha value is -1.18. The molecular weight excluding hydrogens is 270 g/mol. The van der Waals surface area contributed by atoms with Crippen molar-refractivity contribution in [3.05, 3.63) is 24.3 Å². The number of hydrogen-bond acceptors (Lipinski definition) is 3. The zero-order valence-electron chi connectivity index (χ0n) is 10.6. The molecule has 2 N–H and O–H groups in total. The molecule has 0 saturated carbocycles. The van der Waals surface area contributed by atoms with Gasteiger partial charge in [0.25, 0.3) is 0 Å². The number of thiocarbonyl (C=S) groups is 1. The lowest BCUT2D eigenvalue weighted by molar-refractivity contribution is 0.521. The van der Waals surface area contributed by atoms with Crippen molar-refractivity contribution in [2.24, 2.45) is 0 Å². The van der Waals surface area contributed by atoms with Gasteiger partial charge in [-0.1, -0.05) is 6.07 Å². The molecule has 1 aromatic carbocycles. The molecule has 0 aliphatic carbocycles. The van der Waals surface area contributed by atoms with Gasteiger partial charge in [0.2, 0.25) is 10.0 Å². The molecule has 5 nitrogen and oxygen atoms in total. The zero-order chi connectivity index (χ0) is 13.8. The van der Waals surface area contributed by atoms with Gasteiger partial charge < -0.3 is 10.6 Å². The van der Waals surface area contributed by atoms with Crippen LogP contribution in [0.3, 0.4) is 0 Å². The maximum absolute atomic E-state index is 11.9. The third-order valence-electron chi connectivity index (χ3n) is 2.21. The zero-order valence-corrected chi connectivity index (χ0v) is 12.2. The second-order valence-corrected chi connectivity index (χ2v) is 6.36. The van der Waals surface area contributed by atoms with Crippen molar-refractivity contribution in [2.75, 3.05) is 26.0 Å². The summed E-state index contributed by atoms with van der Waals surface area (Å²) in [5.41, 5.74) is 0.642. The van der Waals surface area contributed by atoms with Gasteiger partial charge in [-0.25, -0.2) is 12.7 Å². The fourth-order valence-corrected chi connectivity index (χ4v) is 2.49. The molecule has 0 spiro atoms. The van der Waals surface area contributed by atoms with Crippen LogP contribution in [0.25, 0.3) is 0 Å². The topological polar surface area (TPSA) is 61.4 Å². The van der Waals surface area contributed by atoms with Crippen molar-refractivity contribution in [1.29, 1.82) is 0 Å². The standard InChI is InChI=1S/C11H17N3O2S2/c1-4-12-11(17)13-9-6-5-7-10(8-9)18(15,16)14(2)3/h5-8H,4H2,1-3H3,(H2,12,13,17). The highest BCUT2D eigenvalue weighted by atomic mass is 32.2. The van der Waals surface area contributed by atoms with Crippen LogP contribution >= 0.6 is 12.2 Å². The van der Waals surface area contributed by atoms with Crippen molar-refractivity contribution >= 4 is 33.0 Å². The van der Waals surface area contributed by atoms with Crippen molar-refractivity contribution in [3.8, 4) is 0 Å². The SMILES string of the molecule is CCNC(=S)Nc1cccc(S(=O)(=O)N(C)C)c1. The molecule has 7 heteroatoms. The van der Waals surface area contributed by atoms with Crippen LogP contribution in [0, 0.1) is 0 Å². The first-order valence-electron chi connectivity index (χ1n) is 5.45. The van der Waals surface area contributed by atoms with Crippen molar-refractivity contribution in [2.45, 2.75) is 11.8 Å². The second-order valence-electron chi connectivity index (χ2n) is 3.80. The van der Waals surface area contributed by atoms with Crippen LogP contribution in [0.1, 0.15) is 6.92 Å². The lowest BCUT2D eigenvalue weighted by atomic mass is 10.3. The molecule has 0 heterocycles. The molecule has 0 amide bonds. The fourth-order valence-electron chi connectivity index (χ4n) is 1.28. The molecule has 0 aliphatic rings. The van der Waals surface area contributed by atoms with Crippen LogP contribution in [0.2, 0.25) is 0 Å². The van der Waals surface area contributed by atoms with E-state index in [2.05, 4.69) is 10.6 Å². The minimum Gasteiger partial charge on any atom is -0.363 e. The molecular formula is C11H17N3O2S2. The first-order chi connectivity index (χ1) is 8.37. The van der Waals surface area contributed by atoms with Crippen molar-refractivity contribution in [1.82, 2.24) is 9.62 Å². The molecule has 0 atom stereocenters. The average Bonchev–Trinajstić information content (AvgIpc) is 2.29. The van der Waals surface area contributed by atoms with E-state index in [9.17, 15) is 8.42 Å². The van der Waals surface area contributed by atoms with Gasteiger partial charge in [0.15, 0.2) is 5.11 Å². The Labute approximate surface area is 113 Å². The van der Waals surface area contributed by atoms with Gasteiger partial charge >= 0.3 is 0 Å². The summed E-state index contributed by atoms with van der Waals surface area (Å²) in [4.78, 5) is 0.233. The largest absolute Gasteiger partial charge is 0.363 e. The third-order valence-corrected chi connectivity index (χ3v) is 4.27. The summed E-state index contributed by atoms with van der Waals surface area (Å²) < 4.78 is 25.1. The summed E-state index contributed by atoms with van der Waals surface area (Å²) in [6.45, 7) is 2.64. The van der Waals surface area contributed by atoms with E-state index in [1.807, 2.05) is 6.92 Å². The maximum Gasteiger partial charge on any atom is 0.242 e. The van der Waals surface area contributed by atoms with Gasteiger partial charge in [0, 0.05) is 26.3 Å². The van der Waals surface area contributed by atoms with E-state index in [0.717, 1.165) is 0 Å². The van der Waals surface area contributed by atoms with Crippen LogP contribution in [0.4, 0.5) is 5.69 Å². The molecule has 0 fully saturated rings. The number of anilines is 1. The molecule has 0 bridgehead atoms. The van der Waals surface area contributed by atoms with Gasteiger partial charge in [-0.15, -0.1) is 0 Å². The Morgan fingerprint density at radius 3 is 2.61 bits per heavy atom. The summed E-state index contributed by atoms with van der Waals surface area (Å²) >= 11 is 5.04. The minimum atomic E-state index is -3.42. The Bertz CT molecular complexity index is 527. The highest BCUT2D eigenvalue weighted by Crippen LogP contribution is 2.17. The van der Waals surface area contributed by atoms with E-state index in [1.54, 1.807) is 24.3 Å². The number of rotatable bonds is 4. The molecule has 0 aliphatic heterocycles. The summed E-state index contributed by atoms with van der Waals surface area (Å²) in [6.07, 6.45) is 0. The predicted molar refractivity (Wildman–Crippen MR) is 77.2 cm³/mol. The van der Waals surface area contributed by atoms with Gasteiger partial charge in [0.05, 0.1) is 4.90 Å². The Morgan fingerprint density at radius 1 is 1.39 bits per heavy atom. The van der Waals surface area contributed by atoms with Gasteiger partial charge in [0.1, 0.15) is 0 Å². The number of nitrogens with one attached hydrogen (secondary N) is 2. The van der Waals surface area contributed by atoms with E-state index in [4.69, 9.17) is 12.2 Å². The molecule has 0 radical (unpaired) electrons. The fraction of sp³-hybridized carbons (Fsp3) is 0.364. The first-order valence-corrected chi connectivity index (χ1v) is 7.30. The highest BCUT2D eigenvalue weighted by Gasteiger charge is 2.17. The Balaban J connectivity index is 2.97. The monoisotopic (exact) mass is 287 g/mol. The average molecular weight is 287 g/mol. The molecule has 100 valence electrons. The van der Waals surface area contributed by atoms with Crippen LogP contribution < -0.4 is 10.6 Å². The molecule has 1 rings (SSSR count). The quantitative estimate of drug-likeness (QED) is 0.816. The smallest absolute Gasteiger partial charge is 0.242 e. The van der Waals surface area contributed by atoms with Crippen molar-refractivity contribution in [3.63, 3.8) is 0 Å². The van der Waals surface area contributed by atoms with Gasteiger partial charge in [-0.3, -0.25) is 0 Å². The van der Waals surface area contributed by atoms with E-state index in [0.29, 0.717) is 17.3 Å². The summed E-state index contributed by atoms with van der Waals surface area (Å²) in [5, 5.41) is 6.34. The third kappa shape index (κ3) is 3.66. The van der Waals surface area contributed by atoms with Crippen LogP contribution in [0.5, 0.6) is 0 Å². The van der Waals surface area contributed by atoms with Crippen LogP contribution in [-0.2, 0) is 10.0 Å². The molecule has 18 heavy (non-hydrogen) atoms. The van der Waals surface area contributed by atoms with Gasteiger partial charge in [-0.05, 0) is 37.3 Å². The van der Waals surface area contributed by atoms with E-state index >= 15 is 0 Å². The Kier molecular flexibility index (Phi) is 5.06. The van der Waals surface area contributed by atoms with Crippen LogP contribution in [0.15, 0.2) is 29.2 Å². The summed E-state index contributed by atoms with van der Waals surface area (Å²) in [7, 11) is -0.420. The molecule has 0 aromatic heterocycles. The number of sulfonamides is 1. The van der Waals surface area contributed by atoms with E-state index < -0.39 is 10.0 Å². The highest BCUT2D eigenvalue weighted by molar-refractivity contribution is 7.89. The number of benzene rings is 1. The van der Waals surface area contributed by atoms with Crippen LogP contribution in [-0.4, -0.2) is 38.5 Å². The summed E-state index contributed by atoms with van der Waals surface area (Å²) in [6, 6.07) is 6.54. The van der Waals surface area contributed by atoms with Gasteiger partial charge in [-0.2, -0.15) is 0 Å². The summed E-state index contributed by atoms with van der Waals surface area (Å²) in [5.74, 6) is 0. The lowest BCUT2D eigenvalue weighted by Gasteiger charge is -2.13. The second kappa shape index (κ2) is 6.12. The molecule has 0 unspecified atom stereocenters. The van der Waals surface area contributed by atoms with E-state index in [1.165, 1.54) is 18.4 Å². The normalized spacial score (nSPS) is 11.3. The first kappa shape index (κ1) is 14.9.